The number of benzene rings is 1. The molecule has 9 nitrogen and oxygen atoms in total. The van der Waals surface area contributed by atoms with E-state index in [9.17, 15) is 9.59 Å². The van der Waals surface area contributed by atoms with Gasteiger partial charge >= 0.3 is 12.0 Å². The minimum absolute atomic E-state index is 0.164. The van der Waals surface area contributed by atoms with E-state index in [2.05, 4.69) is 32.7 Å². The van der Waals surface area contributed by atoms with Crippen molar-refractivity contribution in [1.82, 2.24) is 25.1 Å². The number of H-pyrrole nitrogens is 1. The predicted octanol–water partition coefficient (Wildman–Crippen LogP) is 8.86. The number of hydrogen-bond acceptors (Lipinski definition) is 5. The summed E-state index contributed by atoms with van der Waals surface area (Å²) in [7, 11) is 0. The molecule has 0 aliphatic rings. The number of aryl methyl sites for hydroxylation is 1. The van der Waals surface area contributed by atoms with Crippen LogP contribution in [0.1, 0.15) is 110 Å². The van der Waals surface area contributed by atoms with E-state index in [1.54, 1.807) is 19.1 Å². The molecule has 3 N–H and O–H groups in total. The molecular formula is C32H48Cl2N6O3. The zero-order valence-electron chi connectivity index (χ0n) is 26.5. The van der Waals surface area contributed by atoms with Crippen LogP contribution in [-0.4, -0.2) is 45.0 Å². The number of hydrogen-bond donors (Lipinski definition) is 3. The molecule has 0 spiro atoms. The number of aromatic amines is 1. The maximum Gasteiger partial charge on any atom is 0.319 e. The Morgan fingerprint density at radius 1 is 1.00 bits per heavy atom. The third-order valence-electron chi connectivity index (χ3n) is 7.45. The Balaban J connectivity index is 1.41. The van der Waals surface area contributed by atoms with Crippen LogP contribution in [0.2, 0.25) is 10.0 Å². The van der Waals surface area contributed by atoms with E-state index in [0.717, 1.165) is 24.1 Å². The van der Waals surface area contributed by atoms with Crippen LogP contribution in [0.5, 0.6) is 0 Å². The molecule has 0 radical (unpaired) electrons. The van der Waals surface area contributed by atoms with Gasteiger partial charge in [-0.15, -0.1) is 9.73 Å². The average Bonchev–Trinajstić information content (AvgIpc) is 3.48. The number of amides is 2. The highest BCUT2D eigenvalue weighted by Crippen LogP contribution is 2.35. The van der Waals surface area contributed by atoms with Crippen molar-refractivity contribution in [3.8, 4) is 11.4 Å². The van der Waals surface area contributed by atoms with Crippen molar-refractivity contribution in [2.75, 3.05) is 18.5 Å². The van der Waals surface area contributed by atoms with Crippen molar-refractivity contribution >= 4 is 46.5 Å². The molecule has 0 aliphatic carbocycles. The second kappa shape index (κ2) is 16.3. The summed E-state index contributed by atoms with van der Waals surface area (Å²) < 4.78 is 6.89. The molecule has 2 amide bonds. The molecule has 43 heavy (non-hydrogen) atoms. The monoisotopic (exact) mass is 634 g/mol. The summed E-state index contributed by atoms with van der Waals surface area (Å²) in [6.07, 6.45) is 12.3. The Hall–Kier alpha value is -2.78. The van der Waals surface area contributed by atoms with Crippen molar-refractivity contribution < 1.29 is 14.3 Å². The lowest BCUT2D eigenvalue weighted by molar-refractivity contribution is -0.147. The lowest BCUT2D eigenvalue weighted by Crippen LogP contribution is -2.35. The second-order valence-electron chi connectivity index (χ2n) is 12.5. The summed E-state index contributed by atoms with van der Waals surface area (Å²) in [5, 5.41) is 15.5. The van der Waals surface area contributed by atoms with Crippen molar-refractivity contribution in [2.45, 2.75) is 111 Å². The Morgan fingerprint density at radius 2 is 1.63 bits per heavy atom. The molecule has 1 unspecified atom stereocenters. The predicted molar refractivity (Wildman–Crippen MR) is 175 cm³/mol. The number of nitrogens with one attached hydrogen (secondary N) is 3. The van der Waals surface area contributed by atoms with Crippen molar-refractivity contribution in [2.24, 2.45) is 5.92 Å². The number of urea groups is 1. The van der Waals surface area contributed by atoms with Gasteiger partial charge in [0.15, 0.2) is 11.5 Å². The minimum Gasteiger partial charge on any atom is -0.465 e. The molecule has 0 saturated heterocycles. The van der Waals surface area contributed by atoms with E-state index in [4.69, 9.17) is 27.9 Å². The van der Waals surface area contributed by atoms with Crippen molar-refractivity contribution in [3.63, 3.8) is 0 Å². The highest BCUT2D eigenvalue weighted by Gasteiger charge is 2.26. The number of nitrogens with zero attached hydrogens (tertiary/aromatic N) is 3. The number of ether oxygens (including phenoxy) is 1. The van der Waals surface area contributed by atoms with Gasteiger partial charge in [0.2, 0.25) is 0 Å². The third kappa shape index (κ3) is 10.1. The van der Waals surface area contributed by atoms with Crippen LogP contribution in [0, 0.1) is 12.8 Å². The standard InChI is InChI=1S/C32H48Cl2N6O3/c1-7-8-9-10-11-12-13-14-15-16-17-43-30(41)22(3)20-35-31(42)36-23-18-21(2)25(24(33)19-23)28-37-29-26(34)27(32(4,5)6)38-40(29)39-28/h18-19,22H,7-17,20H2,1-6H3,(H,37,39)(H2,35,36,42). The van der Waals surface area contributed by atoms with Crippen molar-refractivity contribution in [1.29, 1.82) is 0 Å². The van der Waals surface area contributed by atoms with E-state index in [-0.39, 0.29) is 17.9 Å². The SMILES string of the molecule is CCCCCCCCCCCCOC(=O)C(C)CNC(=O)Nc1cc(C)c(-c2nn3nc(C(C)(C)C)c(Cl)c3[nH]2)c(Cl)c1. The molecule has 3 rings (SSSR count). The molecule has 1 atom stereocenters. The van der Waals surface area contributed by atoms with Gasteiger partial charge in [0.05, 0.1) is 23.2 Å². The topological polar surface area (TPSA) is 113 Å². The fourth-order valence-corrected chi connectivity index (χ4v) is 5.71. The summed E-state index contributed by atoms with van der Waals surface area (Å²) >= 11 is 13.2. The lowest BCUT2D eigenvalue weighted by atomic mass is 9.92. The van der Waals surface area contributed by atoms with Gasteiger partial charge in [-0.3, -0.25) is 4.79 Å². The number of fused-ring (bicyclic) bond motifs is 1. The first kappa shape index (κ1) is 34.7. The van der Waals surface area contributed by atoms with Gasteiger partial charge < -0.3 is 20.4 Å². The Kier molecular flexibility index (Phi) is 13.2. The highest BCUT2D eigenvalue weighted by atomic mass is 35.5. The van der Waals surface area contributed by atoms with Gasteiger partial charge in [0.25, 0.3) is 0 Å². The summed E-state index contributed by atoms with van der Waals surface area (Å²) in [5.74, 6) is -0.238. The number of anilines is 1. The van der Waals surface area contributed by atoms with Crippen LogP contribution in [-0.2, 0) is 14.9 Å². The largest absolute Gasteiger partial charge is 0.465 e. The van der Waals surface area contributed by atoms with Crippen LogP contribution in [0.25, 0.3) is 17.0 Å². The fourth-order valence-electron chi connectivity index (χ4n) is 4.91. The van der Waals surface area contributed by atoms with E-state index >= 15 is 0 Å². The number of rotatable bonds is 16. The quantitative estimate of drug-likeness (QED) is 0.108. The number of aromatic nitrogens is 4. The molecule has 11 heteroatoms. The highest BCUT2D eigenvalue weighted by molar-refractivity contribution is 6.34. The first-order valence-corrected chi connectivity index (χ1v) is 16.3. The second-order valence-corrected chi connectivity index (χ2v) is 13.2. The van der Waals surface area contributed by atoms with Crippen LogP contribution in [0.15, 0.2) is 12.1 Å². The summed E-state index contributed by atoms with van der Waals surface area (Å²) in [6, 6.07) is 3.02. The fraction of sp³-hybridized carbons (Fsp3) is 0.625. The van der Waals surface area contributed by atoms with Gasteiger partial charge in [-0.1, -0.05) is 116 Å². The molecule has 0 fully saturated rings. The molecule has 0 saturated carbocycles. The van der Waals surface area contributed by atoms with Gasteiger partial charge in [-0.25, -0.2) is 4.79 Å². The van der Waals surface area contributed by atoms with E-state index < -0.39 is 11.9 Å². The molecule has 0 aliphatic heterocycles. The normalized spacial score (nSPS) is 12.5. The number of esters is 1. The average molecular weight is 636 g/mol. The van der Waals surface area contributed by atoms with Gasteiger partial charge in [-0.05, 0) is 31.0 Å². The number of carbonyl (C=O) groups excluding carboxylic acids is 2. The zero-order valence-corrected chi connectivity index (χ0v) is 28.1. The number of carbonyl (C=O) groups is 2. The number of halogens is 2. The van der Waals surface area contributed by atoms with Gasteiger partial charge in [0.1, 0.15) is 5.02 Å². The van der Waals surface area contributed by atoms with E-state index in [0.29, 0.717) is 39.4 Å². The third-order valence-corrected chi connectivity index (χ3v) is 8.10. The van der Waals surface area contributed by atoms with Gasteiger partial charge in [-0.2, -0.15) is 5.10 Å². The molecule has 3 aromatic rings. The van der Waals surface area contributed by atoms with Crippen LogP contribution in [0.3, 0.4) is 0 Å². The lowest BCUT2D eigenvalue weighted by Gasteiger charge is -2.15. The zero-order chi connectivity index (χ0) is 31.6. The Bertz CT molecular complexity index is 1340. The minimum atomic E-state index is -0.454. The summed E-state index contributed by atoms with van der Waals surface area (Å²) in [5.41, 5.74) is 3.13. The van der Waals surface area contributed by atoms with Crippen LogP contribution in [0.4, 0.5) is 10.5 Å². The Morgan fingerprint density at radius 3 is 2.21 bits per heavy atom. The molecule has 2 heterocycles. The maximum absolute atomic E-state index is 12.5. The van der Waals surface area contributed by atoms with Crippen molar-refractivity contribution in [3.05, 3.63) is 33.4 Å². The number of unbranched alkanes of at least 4 members (excludes halogenated alkanes) is 9. The van der Waals surface area contributed by atoms with Crippen LogP contribution >= 0.6 is 23.2 Å². The summed E-state index contributed by atoms with van der Waals surface area (Å²) in [6.45, 7) is 12.6. The molecular weight excluding hydrogens is 587 g/mol. The summed E-state index contributed by atoms with van der Waals surface area (Å²) in [4.78, 5) is 28.1. The van der Waals surface area contributed by atoms with E-state index in [1.165, 1.54) is 56.0 Å². The molecule has 2 aromatic heterocycles. The molecule has 1 aromatic carbocycles. The molecule has 0 bridgehead atoms. The molecule has 238 valence electrons. The van der Waals surface area contributed by atoms with Crippen LogP contribution < -0.4 is 10.6 Å². The first-order valence-electron chi connectivity index (χ1n) is 15.6. The maximum atomic E-state index is 12.5. The van der Waals surface area contributed by atoms with Gasteiger partial charge in [0, 0.05) is 23.2 Å². The smallest absolute Gasteiger partial charge is 0.319 e. The first-order chi connectivity index (χ1) is 20.4. The Labute approximate surface area is 265 Å². The van der Waals surface area contributed by atoms with E-state index in [1.807, 2.05) is 27.7 Å².